The van der Waals surface area contributed by atoms with Gasteiger partial charge in [0.05, 0.1) is 7.11 Å². The van der Waals surface area contributed by atoms with E-state index in [1.807, 2.05) is 41.0 Å². The molecule has 1 saturated heterocycles. The Hall–Kier alpha value is -2.24. The molecule has 0 aromatic heterocycles. The first-order valence-corrected chi connectivity index (χ1v) is 9.07. The van der Waals surface area contributed by atoms with Gasteiger partial charge in [-0.15, -0.1) is 0 Å². The van der Waals surface area contributed by atoms with Crippen molar-refractivity contribution in [2.45, 2.75) is 32.6 Å². The number of hydrogen-bond acceptors (Lipinski definition) is 3. The molecule has 0 bridgehead atoms. The number of benzene rings is 1. The summed E-state index contributed by atoms with van der Waals surface area (Å²) in [5.41, 5.74) is 1.13. The molecule has 25 heavy (non-hydrogen) atoms. The summed E-state index contributed by atoms with van der Waals surface area (Å²) < 4.78 is 5.15. The number of nitrogens with zero attached hydrogens (tertiary/aromatic N) is 2. The lowest BCUT2D eigenvalue weighted by Gasteiger charge is -2.22. The van der Waals surface area contributed by atoms with Crippen LogP contribution in [0.25, 0.3) is 0 Å². The maximum atomic E-state index is 12.5. The molecule has 0 saturated carbocycles. The third kappa shape index (κ3) is 5.96. The quantitative estimate of drug-likeness (QED) is 0.859. The van der Waals surface area contributed by atoms with Crippen molar-refractivity contribution < 1.29 is 14.3 Å². The lowest BCUT2D eigenvalue weighted by atomic mass is 10.1. The normalized spacial score (nSPS) is 14.8. The molecule has 1 aliphatic rings. The van der Waals surface area contributed by atoms with E-state index in [2.05, 4.69) is 5.32 Å². The molecule has 6 heteroatoms. The average molecular weight is 347 g/mol. The summed E-state index contributed by atoms with van der Waals surface area (Å²) in [6.45, 7) is 5.37. The summed E-state index contributed by atoms with van der Waals surface area (Å²) >= 11 is 0. The number of nitrogens with one attached hydrogen (secondary N) is 1. The van der Waals surface area contributed by atoms with Gasteiger partial charge in [0, 0.05) is 39.1 Å². The van der Waals surface area contributed by atoms with Gasteiger partial charge in [-0.25, -0.2) is 4.79 Å². The third-order valence-corrected chi connectivity index (χ3v) is 4.45. The number of carbonyl (C=O) groups excluding carboxylic acids is 2. The minimum absolute atomic E-state index is 0.0191. The van der Waals surface area contributed by atoms with E-state index >= 15 is 0 Å². The maximum absolute atomic E-state index is 12.5. The molecule has 1 aliphatic heterocycles. The zero-order chi connectivity index (χ0) is 18.1. The van der Waals surface area contributed by atoms with Gasteiger partial charge in [-0.05, 0) is 37.0 Å². The fraction of sp³-hybridized carbons (Fsp3) is 0.579. The van der Waals surface area contributed by atoms with Crippen LogP contribution in [0.1, 0.15) is 31.7 Å². The van der Waals surface area contributed by atoms with E-state index in [1.54, 1.807) is 7.11 Å². The van der Waals surface area contributed by atoms with Gasteiger partial charge in [-0.1, -0.05) is 19.1 Å². The molecular weight excluding hydrogens is 318 g/mol. The minimum Gasteiger partial charge on any atom is -0.497 e. The van der Waals surface area contributed by atoms with Crippen LogP contribution in [-0.4, -0.2) is 61.6 Å². The van der Waals surface area contributed by atoms with Crippen molar-refractivity contribution >= 4 is 11.9 Å². The second-order valence-electron chi connectivity index (χ2n) is 6.30. The van der Waals surface area contributed by atoms with Crippen LogP contribution in [0, 0.1) is 0 Å². The molecule has 1 heterocycles. The van der Waals surface area contributed by atoms with Crippen LogP contribution in [-0.2, 0) is 11.2 Å². The van der Waals surface area contributed by atoms with Crippen LogP contribution >= 0.6 is 0 Å². The molecule has 138 valence electrons. The molecule has 0 spiro atoms. The number of aryl methyl sites for hydroxylation is 1. The largest absolute Gasteiger partial charge is 0.497 e. The van der Waals surface area contributed by atoms with E-state index in [-0.39, 0.29) is 11.9 Å². The summed E-state index contributed by atoms with van der Waals surface area (Å²) in [5.74, 6) is 0.982. The van der Waals surface area contributed by atoms with Gasteiger partial charge in [0.2, 0.25) is 5.91 Å². The fourth-order valence-electron chi connectivity index (χ4n) is 2.92. The highest BCUT2D eigenvalue weighted by molar-refractivity contribution is 5.77. The molecule has 0 unspecified atom stereocenters. The molecular formula is C19H29N3O3. The van der Waals surface area contributed by atoms with E-state index in [9.17, 15) is 9.59 Å². The molecule has 0 aliphatic carbocycles. The third-order valence-electron chi connectivity index (χ3n) is 4.45. The van der Waals surface area contributed by atoms with Crippen molar-refractivity contribution in [3.63, 3.8) is 0 Å². The van der Waals surface area contributed by atoms with E-state index in [1.165, 1.54) is 0 Å². The van der Waals surface area contributed by atoms with Crippen LogP contribution in [0.5, 0.6) is 5.75 Å². The Bertz CT molecular complexity index is 560. The van der Waals surface area contributed by atoms with Gasteiger partial charge in [0.25, 0.3) is 0 Å². The number of amides is 3. The second kappa shape index (κ2) is 9.91. The zero-order valence-electron chi connectivity index (χ0n) is 15.3. The molecule has 3 amide bonds. The van der Waals surface area contributed by atoms with E-state index in [4.69, 9.17) is 4.74 Å². The summed E-state index contributed by atoms with van der Waals surface area (Å²) in [6.07, 6.45) is 2.97. The van der Waals surface area contributed by atoms with Gasteiger partial charge >= 0.3 is 6.03 Å². The summed E-state index contributed by atoms with van der Waals surface area (Å²) in [7, 11) is 1.64. The predicted molar refractivity (Wildman–Crippen MR) is 97.8 cm³/mol. The van der Waals surface area contributed by atoms with E-state index < -0.39 is 0 Å². The number of methoxy groups -OCH3 is 1. The first-order chi connectivity index (χ1) is 12.1. The summed E-state index contributed by atoms with van der Waals surface area (Å²) in [5, 5.41) is 2.90. The summed E-state index contributed by atoms with van der Waals surface area (Å²) in [4.78, 5) is 28.2. The smallest absolute Gasteiger partial charge is 0.317 e. The Labute approximate surface area is 150 Å². The first kappa shape index (κ1) is 19.1. The number of carbonyl (C=O) groups is 2. The van der Waals surface area contributed by atoms with E-state index in [0.29, 0.717) is 32.6 Å². The van der Waals surface area contributed by atoms with Gasteiger partial charge < -0.3 is 19.9 Å². The number of ether oxygens (including phenoxy) is 1. The minimum atomic E-state index is -0.0191. The van der Waals surface area contributed by atoms with Crippen molar-refractivity contribution in [3.8, 4) is 5.75 Å². The molecule has 2 rings (SSSR count). The van der Waals surface area contributed by atoms with Crippen molar-refractivity contribution in [1.29, 1.82) is 0 Å². The van der Waals surface area contributed by atoms with Crippen LogP contribution < -0.4 is 10.1 Å². The summed E-state index contributed by atoms with van der Waals surface area (Å²) in [6, 6.07) is 7.80. The van der Waals surface area contributed by atoms with Gasteiger partial charge in [-0.2, -0.15) is 0 Å². The Balaban J connectivity index is 1.78. The van der Waals surface area contributed by atoms with E-state index in [0.717, 1.165) is 37.1 Å². The van der Waals surface area contributed by atoms with Gasteiger partial charge in [0.1, 0.15) is 5.75 Å². The lowest BCUT2D eigenvalue weighted by Crippen LogP contribution is -2.42. The molecule has 0 atom stereocenters. The molecule has 1 aromatic carbocycles. The van der Waals surface area contributed by atoms with Crippen molar-refractivity contribution in [1.82, 2.24) is 15.1 Å². The lowest BCUT2D eigenvalue weighted by molar-refractivity contribution is -0.131. The first-order valence-electron chi connectivity index (χ1n) is 9.07. The molecule has 1 N–H and O–H groups in total. The fourth-order valence-corrected chi connectivity index (χ4v) is 2.92. The predicted octanol–water partition coefficient (Wildman–Crippen LogP) is 2.28. The number of rotatable bonds is 6. The van der Waals surface area contributed by atoms with Crippen LogP contribution in [0.2, 0.25) is 0 Å². The Morgan fingerprint density at radius 2 is 1.76 bits per heavy atom. The number of urea groups is 1. The standard InChI is InChI=1S/C19H29N3O3/c1-3-11-20-19(24)22-13-4-12-21(14-15-22)18(23)10-7-16-5-8-17(25-2)9-6-16/h5-6,8-9H,3-4,7,10-15H2,1-2H3,(H,20,24). The topological polar surface area (TPSA) is 61.9 Å². The Morgan fingerprint density at radius 3 is 2.44 bits per heavy atom. The number of hydrogen-bond donors (Lipinski definition) is 1. The van der Waals surface area contributed by atoms with Crippen LogP contribution in [0.15, 0.2) is 24.3 Å². The highest BCUT2D eigenvalue weighted by Crippen LogP contribution is 2.13. The highest BCUT2D eigenvalue weighted by atomic mass is 16.5. The maximum Gasteiger partial charge on any atom is 0.317 e. The van der Waals surface area contributed by atoms with Crippen molar-refractivity contribution in [3.05, 3.63) is 29.8 Å². The van der Waals surface area contributed by atoms with Crippen LogP contribution in [0.3, 0.4) is 0 Å². The molecule has 1 fully saturated rings. The highest BCUT2D eigenvalue weighted by Gasteiger charge is 2.21. The van der Waals surface area contributed by atoms with Crippen molar-refractivity contribution in [2.75, 3.05) is 39.8 Å². The zero-order valence-corrected chi connectivity index (χ0v) is 15.3. The van der Waals surface area contributed by atoms with Crippen LogP contribution in [0.4, 0.5) is 4.79 Å². The molecule has 6 nitrogen and oxygen atoms in total. The monoisotopic (exact) mass is 347 g/mol. The average Bonchev–Trinajstić information content (AvgIpc) is 2.91. The second-order valence-corrected chi connectivity index (χ2v) is 6.30. The Morgan fingerprint density at radius 1 is 1.08 bits per heavy atom. The molecule has 0 radical (unpaired) electrons. The Kier molecular flexibility index (Phi) is 7.57. The van der Waals surface area contributed by atoms with Crippen molar-refractivity contribution in [2.24, 2.45) is 0 Å². The van der Waals surface area contributed by atoms with Gasteiger partial charge in [0.15, 0.2) is 0 Å². The van der Waals surface area contributed by atoms with Gasteiger partial charge in [-0.3, -0.25) is 4.79 Å². The molecule has 1 aromatic rings. The SMILES string of the molecule is CCCNC(=O)N1CCCN(C(=O)CCc2ccc(OC)cc2)CC1.